The molecule has 1 N–H and O–H groups in total. The maximum atomic E-state index is 12.1. The fourth-order valence-corrected chi connectivity index (χ4v) is 2.42. The Morgan fingerprint density at radius 3 is 2.48 bits per heavy atom. The summed E-state index contributed by atoms with van der Waals surface area (Å²) in [6.07, 6.45) is 0.931. The summed E-state index contributed by atoms with van der Waals surface area (Å²) in [7, 11) is -1.96. The largest absolute Gasteiger partial charge is 0.497 e. The van der Waals surface area contributed by atoms with E-state index in [-0.39, 0.29) is 12.6 Å². The molecule has 0 aromatic heterocycles. The van der Waals surface area contributed by atoms with Crippen LogP contribution in [0.1, 0.15) is 18.4 Å². The molecule has 0 bridgehead atoms. The predicted octanol–water partition coefficient (Wildman–Crippen LogP) is 2.00. The lowest BCUT2D eigenvalue weighted by atomic mass is 9.97. The summed E-state index contributed by atoms with van der Waals surface area (Å²) in [5.74, 6) is 0.0418. The van der Waals surface area contributed by atoms with Crippen molar-refractivity contribution in [2.75, 3.05) is 20.1 Å². The molecule has 0 aliphatic rings. The van der Waals surface area contributed by atoms with Gasteiger partial charge in [-0.1, -0.05) is 24.3 Å². The average molecular weight is 337 g/mol. The fraction of sp³-hybridized carbons (Fsp3) is 0.312. The van der Waals surface area contributed by atoms with Gasteiger partial charge in [0.2, 0.25) is 5.91 Å². The first-order chi connectivity index (χ1) is 10.8. The quantitative estimate of drug-likeness (QED) is 0.644. The Bertz CT molecular complexity index is 816. The molecule has 0 aliphatic carbocycles. The lowest BCUT2D eigenvalue weighted by Crippen LogP contribution is -2.31. The molecule has 6 nitrogen and oxygen atoms in total. The first kappa shape index (κ1) is 17.2. The van der Waals surface area contributed by atoms with Crippen LogP contribution < -0.4 is 10.1 Å². The molecule has 1 amide bonds. The summed E-state index contributed by atoms with van der Waals surface area (Å²) in [4.78, 5) is 12.1. The van der Waals surface area contributed by atoms with Gasteiger partial charge in [0.05, 0.1) is 19.3 Å². The van der Waals surface area contributed by atoms with Crippen LogP contribution in [-0.2, 0) is 19.1 Å². The molecule has 2 rings (SSSR count). The van der Waals surface area contributed by atoms with Crippen molar-refractivity contribution < 1.29 is 22.1 Å². The van der Waals surface area contributed by atoms with Crippen molar-refractivity contribution >= 4 is 26.8 Å². The van der Waals surface area contributed by atoms with Crippen molar-refractivity contribution in [3.63, 3.8) is 0 Å². The van der Waals surface area contributed by atoms with Gasteiger partial charge < -0.3 is 10.1 Å². The smallest absolute Gasteiger partial charge is 0.266 e. The van der Waals surface area contributed by atoms with Crippen LogP contribution in [0.2, 0.25) is 0 Å². The number of rotatable bonds is 6. The van der Waals surface area contributed by atoms with Crippen molar-refractivity contribution in [1.82, 2.24) is 5.32 Å². The van der Waals surface area contributed by atoms with Gasteiger partial charge in [-0.25, -0.2) is 4.18 Å². The second-order valence-corrected chi connectivity index (χ2v) is 6.85. The highest BCUT2D eigenvalue weighted by Gasteiger charge is 2.16. The Morgan fingerprint density at radius 2 is 1.83 bits per heavy atom. The molecular weight excluding hydrogens is 318 g/mol. The van der Waals surface area contributed by atoms with E-state index >= 15 is 0 Å². The minimum Gasteiger partial charge on any atom is -0.497 e. The lowest BCUT2D eigenvalue weighted by molar-refractivity contribution is -0.123. The Hall–Kier alpha value is -2.12. The van der Waals surface area contributed by atoms with Gasteiger partial charge in [0.25, 0.3) is 10.1 Å². The standard InChI is InChI=1S/C16H19NO5S/c1-11(16(18)17-10-22-23(3,19)20)12-4-5-14-9-15(21-2)7-6-13(14)8-12/h4-9,11H,10H2,1-3H3,(H,17,18). The van der Waals surface area contributed by atoms with Crippen molar-refractivity contribution in [2.24, 2.45) is 0 Å². The molecule has 1 atom stereocenters. The number of ether oxygens (including phenoxy) is 1. The first-order valence-corrected chi connectivity index (χ1v) is 8.81. The summed E-state index contributed by atoms with van der Waals surface area (Å²) in [6.45, 7) is 1.38. The van der Waals surface area contributed by atoms with E-state index in [1.807, 2.05) is 36.4 Å². The fourth-order valence-electron chi connectivity index (χ4n) is 2.15. The molecule has 0 aliphatic heterocycles. The van der Waals surface area contributed by atoms with Crippen LogP contribution in [0.4, 0.5) is 0 Å². The lowest BCUT2D eigenvalue weighted by Gasteiger charge is -2.13. The molecule has 2 aromatic rings. The van der Waals surface area contributed by atoms with E-state index in [1.165, 1.54) is 0 Å². The van der Waals surface area contributed by atoms with Crippen LogP contribution >= 0.6 is 0 Å². The van der Waals surface area contributed by atoms with Gasteiger partial charge in [0.15, 0.2) is 0 Å². The number of methoxy groups -OCH3 is 1. The molecular formula is C16H19NO5S. The maximum absolute atomic E-state index is 12.1. The van der Waals surface area contributed by atoms with Crippen LogP contribution in [-0.4, -0.2) is 34.4 Å². The number of nitrogens with one attached hydrogen (secondary N) is 1. The number of amides is 1. The Kier molecular flexibility index (Phi) is 5.23. The normalized spacial score (nSPS) is 12.8. The van der Waals surface area contributed by atoms with Gasteiger partial charge in [-0.05, 0) is 35.4 Å². The predicted molar refractivity (Wildman–Crippen MR) is 87.9 cm³/mol. The molecule has 0 heterocycles. The van der Waals surface area contributed by atoms with Gasteiger partial charge in [-0.2, -0.15) is 8.42 Å². The molecule has 0 fully saturated rings. The van der Waals surface area contributed by atoms with E-state index < -0.39 is 16.0 Å². The number of hydrogen-bond donors (Lipinski definition) is 1. The third-order valence-electron chi connectivity index (χ3n) is 3.48. The number of benzene rings is 2. The number of hydrogen-bond acceptors (Lipinski definition) is 5. The molecule has 7 heteroatoms. The zero-order valence-electron chi connectivity index (χ0n) is 13.2. The van der Waals surface area contributed by atoms with Gasteiger partial charge in [0.1, 0.15) is 12.5 Å². The van der Waals surface area contributed by atoms with Crippen molar-refractivity contribution in [1.29, 1.82) is 0 Å². The summed E-state index contributed by atoms with van der Waals surface area (Å²) in [6, 6.07) is 11.4. The van der Waals surface area contributed by atoms with Gasteiger partial charge in [-0.3, -0.25) is 4.79 Å². The third kappa shape index (κ3) is 4.67. The Morgan fingerprint density at radius 1 is 1.17 bits per heavy atom. The second kappa shape index (κ2) is 6.97. The summed E-state index contributed by atoms with van der Waals surface area (Å²) in [5.41, 5.74) is 0.833. The zero-order valence-corrected chi connectivity index (χ0v) is 14.0. The highest BCUT2D eigenvalue weighted by atomic mass is 32.2. The molecule has 0 radical (unpaired) electrons. The molecule has 124 valence electrons. The zero-order chi connectivity index (χ0) is 17.0. The second-order valence-electron chi connectivity index (χ2n) is 5.20. The summed E-state index contributed by atoms with van der Waals surface area (Å²) < 4.78 is 31.4. The molecule has 1 unspecified atom stereocenters. The molecule has 0 saturated heterocycles. The SMILES string of the molecule is COc1ccc2cc(C(C)C(=O)NCOS(C)(=O)=O)ccc2c1. The Balaban J connectivity index is 2.11. The Labute approximate surface area is 135 Å². The molecule has 23 heavy (non-hydrogen) atoms. The first-order valence-electron chi connectivity index (χ1n) is 7.00. The summed E-state index contributed by atoms with van der Waals surface area (Å²) in [5, 5.41) is 4.45. The van der Waals surface area contributed by atoms with Crippen molar-refractivity contribution in [2.45, 2.75) is 12.8 Å². The van der Waals surface area contributed by atoms with Crippen LogP contribution in [0.25, 0.3) is 10.8 Å². The van der Waals surface area contributed by atoms with E-state index in [1.54, 1.807) is 14.0 Å². The number of carbonyl (C=O) groups is 1. The van der Waals surface area contributed by atoms with E-state index in [0.29, 0.717) is 0 Å². The highest BCUT2D eigenvalue weighted by molar-refractivity contribution is 7.85. The van der Waals surface area contributed by atoms with Crippen LogP contribution in [0.5, 0.6) is 5.75 Å². The minimum atomic E-state index is -3.57. The van der Waals surface area contributed by atoms with E-state index in [9.17, 15) is 13.2 Å². The molecule has 2 aromatic carbocycles. The van der Waals surface area contributed by atoms with Crippen LogP contribution in [0.15, 0.2) is 36.4 Å². The van der Waals surface area contributed by atoms with E-state index in [0.717, 1.165) is 28.3 Å². The van der Waals surface area contributed by atoms with Crippen molar-refractivity contribution in [3.8, 4) is 5.75 Å². The van der Waals surface area contributed by atoms with Crippen molar-refractivity contribution in [3.05, 3.63) is 42.0 Å². The summed E-state index contributed by atoms with van der Waals surface area (Å²) >= 11 is 0. The van der Waals surface area contributed by atoms with E-state index in [2.05, 4.69) is 9.50 Å². The minimum absolute atomic E-state index is 0.304. The topological polar surface area (TPSA) is 81.7 Å². The van der Waals surface area contributed by atoms with Crippen LogP contribution in [0, 0.1) is 0 Å². The average Bonchev–Trinajstić information content (AvgIpc) is 2.51. The van der Waals surface area contributed by atoms with E-state index in [4.69, 9.17) is 4.74 Å². The molecule has 0 spiro atoms. The maximum Gasteiger partial charge on any atom is 0.266 e. The monoisotopic (exact) mass is 337 g/mol. The van der Waals surface area contributed by atoms with Gasteiger partial charge in [0, 0.05) is 0 Å². The number of carbonyl (C=O) groups excluding carboxylic acids is 1. The highest BCUT2D eigenvalue weighted by Crippen LogP contribution is 2.25. The van der Waals surface area contributed by atoms with Crippen LogP contribution in [0.3, 0.4) is 0 Å². The van der Waals surface area contributed by atoms with Gasteiger partial charge in [-0.15, -0.1) is 0 Å². The number of fused-ring (bicyclic) bond motifs is 1. The van der Waals surface area contributed by atoms with Gasteiger partial charge >= 0.3 is 0 Å². The third-order valence-corrected chi connectivity index (χ3v) is 4.03. The molecule has 0 saturated carbocycles.